The summed E-state index contributed by atoms with van der Waals surface area (Å²) < 4.78 is 5.51. The summed E-state index contributed by atoms with van der Waals surface area (Å²) in [7, 11) is 0. The Hall–Kier alpha value is -1.92. The summed E-state index contributed by atoms with van der Waals surface area (Å²) in [6.07, 6.45) is 87.8. The van der Waals surface area contributed by atoms with Crippen LogP contribution < -0.4 is 5.32 Å². The molecule has 6 heteroatoms. The van der Waals surface area contributed by atoms with Crippen molar-refractivity contribution < 1.29 is 24.5 Å². The summed E-state index contributed by atoms with van der Waals surface area (Å²) in [6.45, 7) is 4.96. The molecule has 0 bridgehead atoms. The minimum Gasteiger partial charge on any atom is -0.466 e. The van der Waals surface area contributed by atoms with Gasteiger partial charge >= 0.3 is 5.97 Å². The van der Waals surface area contributed by atoms with Gasteiger partial charge in [-0.2, -0.15) is 0 Å². The molecule has 6 nitrogen and oxygen atoms in total. The summed E-state index contributed by atoms with van der Waals surface area (Å²) in [5, 5.41) is 23.2. The zero-order valence-electron chi connectivity index (χ0n) is 53.4. The smallest absolute Gasteiger partial charge is 0.305 e. The van der Waals surface area contributed by atoms with E-state index in [1.807, 2.05) is 0 Å². The highest BCUT2D eigenvalue weighted by atomic mass is 16.5. The van der Waals surface area contributed by atoms with E-state index in [1.54, 1.807) is 0 Å². The molecule has 0 heterocycles. The van der Waals surface area contributed by atoms with Crippen LogP contribution in [0.15, 0.2) is 36.5 Å². The number of nitrogens with one attached hydrogen (secondary N) is 1. The molecule has 466 valence electrons. The SMILES string of the molecule is CCCCCCCC/C=C\CCCCCCCCCCCC(=O)OCCCCCCCCCCC/C=C\C/C=C\CCCCCCCCCCCCCCCCCCCC(=O)NC(CO)C(O)CCCCCCCCCCCC. The summed E-state index contributed by atoms with van der Waals surface area (Å²) in [5.41, 5.74) is 0. The van der Waals surface area contributed by atoms with E-state index in [9.17, 15) is 19.8 Å². The number of hydrogen-bond donors (Lipinski definition) is 3. The average molecular weight is 1110 g/mol. The van der Waals surface area contributed by atoms with E-state index in [0.29, 0.717) is 25.9 Å². The largest absolute Gasteiger partial charge is 0.466 e. The van der Waals surface area contributed by atoms with Crippen LogP contribution >= 0.6 is 0 Å². The highest BCUT2D eigenvalue weighted by Gasteiger charge is 2.20. The predicted octanol–water partition coefficient (Wildman–Crippen LogP) is 23.1. The molecule has 3 N–H and O–H groups in total. The third kappa shape index (κ3) is 65.1. The first-order valence-corrected chi connectivity index (χ1v) is 35.7. The second-order valence-corrected chi connectivity index (χ2v) is 24.6. The maximum atomic E-state index is 12.4. The van der Waals surface area contributed by atoms with Crippen molar-refractivity contribution in [1.29, 1.82) is 0 Å². The average Bonchev–Trinajstić information content (AvgIpc) is 3.45. The molecule has 2 unspecified atom stereocenters. The zero-order valence-corrected chi connectivity index (χ0v) is 53.4. The summed E-state index contributed by atoms with van der Waals surface area (Å²) in [4.78, 5) is 24.6. The zero-order chi connectivity index (χ0) is 57.1. The van der Waals surface area contributed by atoms with Crippen molar-refractivity contribution in [2.75, 3.05) is 13.2 Å². The van der Waals surface area contributed by atoms with Crippen LogP contribution in [0.3, 0.4) is 0 Å². The lowest BCUT2D eigenvalue weighted by atomic mass is 10.0. The van der Waals surface area contributed by atoms with Crippen molar-refractivity contribution in [3.05, 3.63) is 36.5 Å². The fourth-order valence-electron chi connectivity index (χ4n) is 11.2. The number of aliphatic hydroxyl groups is 2. The minimum atomic E-state index is -0.661. The van der Waals surface area contributed by atoms with Crippen LogP contribution in [0.5, 0.6) is 0 Å². The van der Waals surface area contributed by atoms with Crippen LogP contribution in [-0.2, 0) is 14.3 Å². The molecule has 0 spiro atoms. The molecule has 0 aliphatic rings. The Morgan fingerprint density at radius 1 is 0.354 bits per heavy atom. The second-order valence-electron chi connectivity index (χ2n) is 24.6. The van der Waals surface area contributed by atoms with Crippen molar-refractivity contribution in [3.8, 4) is 0 Å². The first kappa shape index (κ1) is 77.1. The summed E-state index contributed by atoms with van der Waals surface area (Å²) >= 11 is 0. The van der Waals surface area contributed by atoms with Gasteiger partial charge in [0.1, 0.15) is 0 Å². The number of ether oxygens (including phenoxy) is 1. The van der Waals surface area contributed by atoms with Gasteiger partial charge in [-0.1, -0.05) is 333 Å². The molecule has 0 aliphatic heterocycles. The number of allylic oxidation sites excluding steroid dienone is 6. The number of unbranched alkanes of at least 4 members (excludes halogenated alkanes) is 50. The number of aliphatic hydroxyl groups excluding tert-OH is 2. The molecule has 79 heavy (non-hydrogen) atoms. The van der Waals surface area contributed by atoms with E-state index in [1.165, 1.54) is 315 Å². The Morgan fingerprint density at radius 3 is 0.975 bits per heavy atom. The van der Waals surface area contributed by atoms with E-state index in [0.717, 1.165) is 44.9 Å². The van der Waals surface area contributed by atoms with Crippen molar-refractivity contribution in [2.24, 2.45) is 0 Å². The van der Waals surface area contributed by atoms with Gasteiger partial charge in [-0.3, -0.25) is 9.59 Å². The fraction of sp³-hybridized carbons (Fsp3) is 0.890. The Balaban J connectivity index is 3.34. The first-order valence-electron chi connectivity index (χ1n) is 35.7. The quantitative estimate of drug-likeness (QED) is 0.0320. The topological polar surface area (TPSA) is 95.9 Å². The number of hydrogen-bond acceptors (Lipinski definition) is 5. The van der Waals surface area contributed by atoms with Gasteiger partial charge in [0.2, 0.25) is 5.91 Å². The van der Waals surface area contributed by atoms with Crippen molar-refractivity contribution >= 4 is 11.9 Å². The van der Waals surface area contributed by atoms with Crippen LogP contribution in [0.25, 0.3) is 0 Å². The highest BCUT2D eigenvalue weighted by molar-refractivity contribution is 5.76. The van der Waals surface area contributed by atoms with Gasteiger partial charge in [-0.15, -0.1) is 0 Å². The molecular formula is C73H139NO5. The molecule has 0 saturated heterocycles. The third-order valence-electron chi connectivity index (χ3n) is 16.7. The van der Waals surface area contributed by atoms with Gasteiger partial charge in [-0.05, 0) is 83.5 Å². The van der Waals surface area contributed by atoms with Crippen LogP contribution in [0, 0.1) is 0 Å². The van der Waals surface area contributed by atoms with Crippen molar-refractivity contribution in [2.45, 2.75) is 405 Å². The number of carbonyl (C=O) groups excluding carboxylic acids is 2. The van der Waals surface area contributed by atoms with Gasteiger partial charge in [0.25, 0.3) is 0 Å². The first-order chi connectivity index (χ1) is 39.0. The van der Waals surface area contributed by atoms with E-state index < -0.39 is 12.1 Å². The van der Waals surface area contributed by atoms with Crippen molar-refractivity contribution in [3.63, 3.8) is 0 Å². The second kappa shape index (κ2) is 68.6. The van der Waals surface area contributed by atoms with E-state index in [4.69, 9.17) is 4.74 Å². The third-order valence-corrected chi connectivity index (χ3v) is 16.7. The summed E-state index contributed by atoms with van der Waals surface area (Å²) in [5.74, 6) is -0.0192. The highest BCUT2D eigenvalue weighted by Crippen LogP contribution is 2.18. The lowest BCUT2D eigenvalue weighted by Gasteiger charge is -2.22. The normalized spacial score (nSPS) is 12.7. The lowest BCUT2D eigenvalue weighted by molar-refractivity contribution is -0.143. The molecule has 0 radical (unpaired) electrons. The molecule has 0 fully saturated rings. The molecule has 1 amide bonds. The van der Waals surface area contributed by atoms with Crippen LogP contribution in [-0.4, -0.2) is 47.4 Å². The maximum absolute atomic E-state index is 12.4. The molecular weight excluding hydrogens is 971 g/mol. The Bertz CT molecular complexity index is 1280. The van der Waals surface area contributed by atoms with Crippen LogP contribution in [0.1, 0.15) is 393 Å². The number of amides is 1. The minimum absolute atomic E-state index is 0.0141. The lowest BCUT2D eigenvalue weighted by Crippen LogP contribution is -2.45. The standard InChI is InChI=1S/C73H139NO5/c1-3-5-7-9-11-13-15-16-17-18-34-38-41-44-47-51-55-59-63-67-73(78)79-68-64-60-56-52-48-45-42-39-36-33-31-29-27-25-23-21-19-20-22-24-26-28-30-32-35-37-40-43-46-50-54-58-62-66-72(77)74-70(69-75)71(76)65-61-57-53-49-14-12-10-8-6-4-2/h16-17,23,25,29,31,70-71,75-76H,3-15,18-22,24,26-28,30,32-69H2,1-2H3,(H,74,77)/b17-16-,25-23-,31-29-. The van der Waals surface area contributed by atoms with E-state index in [2.05, 4.69) is 55.6 Å². The Morgan fingerprint density at radius 2 is 0.633 bits per heavy atom. The number of carbonyl (C=O) groups is 2. The van der Waals surface area contributed by atoms with Crippen LogP contribution in [0.2, 0.25) is 0 Å². The Kier molecular flexibility index (Phi) is 66.9. The number of rotatable bonds is 67. The van der Waals surface area contributed by atoms with Gasteiger partial charge in [0, 0.05) is 12.8 Å². The number of esters is 1. The van der Waals surface area contributed by atoms with E-state index in [-0.39, 0.29) is 18.5 Å². The van der Waals surface area contributed by atoms with Gasteiger partial charge in [0.05, 0.1) is 25.4 Å². The molecule has 0 aromatic carbocycles. The fourth-order valence-corrected chi connectivity index (χ4v) is 11.2. The Labute approximate surface area is 494 Å². The predicted molar refractivity (Wildman–Crippen MR) is 347 cm³/mol. The van der Waals surface area contributed by atoms with Crippen molar-refractivity contribution in [1.82, 2.24) is 5.32 Å². The molecule has 0 rings (SSSR count). The van der Waals surface area contributed by atoms with Gasteiger partial charge < -0.3 is 20.3 Å². The molecule has 0 saturated carbocycles. The van der Waals surface area contributed by atoms with Gasteiger partial charge in [0.15, 0.2) is 0 Å². The summed E-state index contributed by atoms with van der Waals surface area (Å²) in [6, 6.07) is -0.538. The molecule has 2 atom stereocenters. The van der Waals surface area contributed by atoms with Gasteiger partial charge in [-0.25, -0.2) is 0 Å². The monoisotopic (exact) mass is 1110 g/mol. The molecule has 0 aromatic rings. The molecule has 0 aromatic heterocycles. The molecule has 0 aliphatic carbocycles. The van der Waals surface area contributed by atoms with Crippen LogP contribution in [0.4, 0.5) is 0 Å². The maximum Gasteiger partial charge on any atom is 0.305 e. The van der Waals surface area contributed by atoms with E-state index >= 15 is 0 Å².